The standard InChI is InChI=1S/C22H25N3O2S/c1-2-11-25-12-5-6-16(25)14-23-21(26)15-9-10-20-18(13-15)24-22(27)17-7-3-4-8-19(17)28-20/h3-4,7-10,13,16H,2,5-6,11-12,14H2,1H3,(H,23,26)(H,24,27)/t16-/m1/s1. The van der Waals surface area contributed by atoms with E-state index in [9.17, 15) is 9.59 Å². The van der Waals surface area contributed by atoms with Crippen LogP contribution in [-0.4, -0.2) is 42.4 Å². The van der Waals surface area contributed by atoms with Crippen molar-refractivity contribution in [2.24, 2.45) is 0 Å². The van der Waals surface area contributed by atoms with Crippen LogP contribution in [0.25, 0.3) is 0 Å². The Balaban J connectivity index is 1.46. The highest BCUT2D eigenvalue weighted by Gasteiger charge is 2.25. The van der Waals surface area contributed by atoms with E-state index in [1.54, 1.807) is 17.8 Å². The van der Waals surface area contributed by atoms with Gasteiger partial charge in [-0.15, -0.1) is 0 Å². The molecule has 1 fully saturated rings. The van der Waals surface area contributed by atoms with Crippen molar-refractivity contribution in [1.29, 1.82) is 0 Å². The molecule has 2 amide bonds. The second kappa shape index (κ2) is 8.37. The van der Waals surface area contributed by atoms with Crippen molar-refractivity contribution in [2.75, 3.05) is 25.0 Å². The van der Waals surface area contributed by atoms with Crippen molar-refractivity contribution in [3.8, 4) is 0 Å². The summed E-state index contributed by atoms with van der Waals surface area (Å²) in [4.78, 5) is 29.5. The monoisotopic (exact) mass is 395 g/mol. The number of hydrogen-bond donors (Lipinski definition) is 2. The van der Waals surface area contributed by atoms with Crippen LogP contribution in [0.5, 0.6) is 0 Å². The van der Waals surface area contributed by atoms with Gasteiger partial charge >= 0.3 is 0 Å². The fraction of sp³-hybridized carbons (Fsp3) is 0.364. The molecular weight excluding hydrogens is 370 g/mol. The molecule has 6 heteroatoms. The Morgan fingerprint density at radius 2 is 2.11 bits per heavy atom. The third kappa shape index (κ3) is 3.93. The molecule has 0 aliphatic carbocycles. The van der Waals surface area contributed by atoms with Gasteiger partial charge in [0.05, 0.1) is 11.3 Å². The van der Waals surface area contributed by atoms with Gasteiger partial charge in [-0.25, -0.2) is 0 Å². The molecule has 0 saturated carbocycles. The lowest BCUT2D eigenvalue weighted by Crippen LogP contribution is -2.40. The number of carbonyl (C=O) groups is 2. The zero-order valence-corrected chi connectivity index (χ0v) is 16.8. The summed E-state index contributed by atoms with van der Waals surface area (Å²) in [5.41, 5.74) is 1.92. The Kier molecular flexibility index (Phi) is 5.69. The predicted molar refractivity (Wildman–Crippen MR) is 112 cm³/mol. The van der Waals surface area contributed by atoms with Gasteiger partial charge in [-0.3, -0.25) is 14.5 Å². The van der Waals surface area contributed by atoms with E-state index in [1.165, 1.54) is 6.42 Å². The number of carbonyl (C=O) groups excluding carboxylic acids is 2. The van der Waals surface area contributed by atoms with Crippen LogP contribution < -0.4 is 10.6 Å². The molecule has 5 nitrogen and oxygen atoms in total. The summed E-state index contributed by atoms with van der Waals surface area (Å²) < 4.78 is 0. The fourth-order valence-corrected chi connectivity index (χ4v) is 4.94. The van der Waals surface area contributed by atoms with Gasteiger partial charge in [-0.1, -0.05) is 30.8 Å². The Morgan fingerprint density at radius 1 is 1.25 bits per heavy atom. The topological polar surface area (TPSA) is 61.4 Å². The number of nitrogens with one attached hydrogen (secondary N) is 2. The molecular formula is C22H25N3O2S. The van der Waals surface area contributed by atoms with Crippen molar-refractivity contribution in [1.82, 2.24) is 10.2 Å². The first-order chi connectivity index (χ1) is 13.7. The number of anilines is 1. The van der Waals surface area contributed by atoms with Crippen molar-refractivity contribution < 1.29 is 9.59 Å². The molecule has 2 aliphatic rings. The predicted octanol–water partition coefficient (Wildman–Crippen LogP) is 4.01. The molecule has 0 spiro atoms. The molecule has 2 aromatic carbocycles. The lowest BCUT2D eigenvalue weighted by molar-refractivity contribution is 0.0939. The smallest absolute Gasteiger partial charge is 0.256 e. The van der Waals surface area contributed by atoms with Gasteiger partial charge in [0.1, 0.15) is 0 Å². The average molecular weight is 396 g/mol. The van der Waals surface area contributed by atoms with Crippen LogP contribution in [0.2, 0.25) is 0 Å². The minimum atomic E-state index is -0.138. The Hall–Kier alpha value is -2.31. The van der Waals surface area contributed by atoms with E-state index < -0.39 is 0 Å². The summed E-state index contributed by atoms with van der Waals surface area (Å²) in [7, 11) is 0. The second-order valence-corrected chi connectivity index (χ2v) is 8.39. The molecule has 1 atom stereocenters. The normalized spacial score (nSPS) is 18.8. The number of nitrogens with zero attached hydrogens (tertiary/aromatic N) is 1. The summed E-state index contributed by atoms with van der Waals surface area (Å²) in [6, 6.07) is 13.5. The minimum absolute atomic E-state index is 0.0906. The maximum absolute atomic E-state index is 12.7. The number of benzene rings is 2. The highest BCUT2D eigenvalue weighted by atomic mass is 32.2. The van der Waals surface area contributed by atoms with Crippen LogP contribution in [0.15, 0.2) is 52.3 Å². The summed E-state index contributed by atoms with van der Waals surface area (Å²) in [5, 5.41) is 6.03. The first kappa shape index (κ1) is 19.0. The molecule has 0 bridgehead atoms. The zero-order chi connectivity index (χ0) is 19.5. The van der Waals surface area contributed by atoms with Gasteiger partial charge in [0.15, 0.2) is 0 Å². The molecule has 0 aromatic heterocycles. The van der Waals surface area contributed by atoms with E-state index in [-0.39, 0.29) is 11.8 Å². The molecule has 4 rings (SSSR count). The minimum Gasteiger partial charge on any atom is -0.350 e. The second-order valence-electron chi connectivity index (χ2n) is 7.31. The highest BCUT2D eigenvalue weighted by Crippen LogP contribution is 2.39. The van der Waals surface area contributed by atoms with Crippen molar-refractivity contribution in [2.45, 2.75) is 42.0 Å². The molecule has 0 radical (unpaired) electrons. The molecule has 146 valence electrons. The van der Waals surface area contributed by atoms with Crippen LogP contribution in [0.1, 0.15) is 46.9 Å². The molecule has 2 N–H and O–H groups in total. The van der Waals surface area contributed by atoms with Crippen LogP contribution in [0.4, 0.5) is 5.69 Å². The maximum atomic E-state index is 12.7. The van der Waals surface area contributed by atoms with Gasteiger partial charge in [0.2, 0.25) is 0 Å². The van der Waals surface area contributed by atoms with Crippen LogP contribution in [-0.2, 0) is 0 Å². The van der Waals surface area contributed by atoms with Gasteiger partial charge < -0.3 is 10.6 Å². The van der Waals surface area contributed by atoms with Crippen LogP contribution in [0.3, 0.4) is 0 Å². The number of hydrogen-bond acceptors (Lipinski definition) is 4. The van der Waals surface area contributed by atoms with Gasteiger partial charge in [-0.2, -0.15) is 0 Å². The SMILES string of the molecule is CCCN1CCC[C@@H]1CNC(=O)c1ccc2c(c1)NC(=O)c1ccccc1S2. The highest BCUT2D eigenvalue weighted by molar-refractivity contribution is 7.99. The molecule has 1 saturated heterocycles. The van der Waals surface area contributed by atoms with E-state index in [0.717, 1.165) is 35.7 Å². The van der Waals surface area contributed by atoms with E-state index in [0.29, 0.717) is 29.4 Å². The van der Waals surface area contributed by atoms with Gasteiger partial charge in [0, 0.05) is 27.9 Å². The Labute approximate surface area is 169 Å². The molecule has 28 heavy (non-hydrogen) atoms. The number of amides is 2. The zero-order valence-electron chi connectivity index (χ0n) is 16.0. The lowest BCUT2D eigenvalue weighted by Gasteiger charge is -2.24. The molecule has 0 unspecified atom stereocenters. The van der Waals surface area contributed by atoms with E-state index in [1.807, 2.05) is 36.4 Å². The number of likely N-dealkylation sites (tertiary alicyclic amines) is 1. The molecule has 2 aromatic rings. The van der Waals surface area contributed by atoms with E-state index in [2.05, 4.69) is 22.5 Å². The van der Waals surface area contributed by atoms with Gasteiger partial charge in [0.25, 0.3) is 11.8 Å². The first-order valence-electron chi connectivity index (χ1n) is 9.90. The van der Waals surface area contributed by atoms with Crippen molar-refractivity contribution >= 4 is 29.3 Å². The fourth-order valence-electron chi connectivity index (χ4n) is 3.93. The quantitative estimate of drug-likeness (QED) is 0.803. The van der Waals surface area contributed by atoms with Crippen molar-refractivity contribution in [3.63, 3.8) is 0 Å². The largest absolute Gasteiger partial charge is 0.350 e. The van der Waals surface area contributed by atoms with Crippen LogP contribution in [0, 0.1) is 0 Å². The number of fused-ring (bicyclic) bond motifs is 2. The van der Waals surface area contributed by atoms with Crippen molar-refractivity contribution in [3.05, 3.63) is 53.6 Å². The Morgan fingerprint density at radius 3 is 2.96 bits per heavy atom. The summed E-state index contributed by atoms with van der Waals surface area (Å²) >= 11 is 1.55. The number of rotatable bonds is 5. The van der Waals surface area contributed by atoms with Gasteiger partial charge in [-0.05, 0) is 62.7 Å². The van der Waals surface area contributed by atoms with Crippen LogP contribution >= 0.6 is 11.8 Å². The third-order valence-electron chi connectivity index (χ3n) is 5.35. The van der Waals surface area contributed by atoms with E-state index >= 15 is 0 Å². The first-order valence-corrected chi connectivity index (χ1v) is 10.7. The summed E-state index contributed by atoms with van der Waals surface area (Å²) in [6.45, 7) is 5.07. The third-order valence-corrected chi connectivity index (χ3v) is 6.50. The Bertz CT molecular complexity index is 899. The summed E-state index contributed by atoms with van der Waals surface area (Å²) in [6.07, 6.45) is 3.47. The van der Waals surface area contributed by atoms with E-state index in [4.69, 9.17) is 0 Å². The average Bonchev–Trinajstić information content (AvgIpc) is 3.09. The maximum Gasteiger partial charge on any atom is 0.256 e. The molecule has 2 heterocycles. The molecule has 2 aliphatic heterocycles. The summed E-state index contributed by atoms with van der Waals surface area (Å²) in [5.74, 6) is -0.229. The lowest BCUT2D eigenvalue weighted by atomic mass is 10.1.